The van der Waals surface area contributed by atoms with E-state index in [-0.39, 0.29) is 36.9 Å². The lowest BCUT2D eigenvalue weighted by atomic mass is 10.2. The third kappa shape index (κ3) is 4.93. The highest BCUT2D eigenvalue weighted by Gasteiger charge is 2.31. The standard InChI is InChI=1S/C22H25N3O8S/c1-30-16-9-15(10-17(11-16)31-2)23-21(26)13-25-19-4-3-18(12-20(19)33-14-22(25)27)34(28,29)24-5-7-32-8-6-24/h3-4,9-12H,5-8,13-14H2,1-2H3,(H,23,26). The van der Waals surface area contributed by atoms with Gasteiger partial charge in [0.25, 0.3) is 5.91 Å². The van der Waals surface area contributed by atoms with Crippen molar-refractivity contribution >= 4 is 33.2 Å². The minimum atomic E-state index is -3.74. The zero-order valence-corrected chi connectivity index (χ0v) is 19.6. The van der Waals surface area contributed by atoms with E-state index in [1.54, 1.807) is 18.2 Å². The lowest BCUT2D eigenvalue weighted by molar-refractivity contribution is -0.123. The molecule has 1 fully saturated rings. The van der Waals surface area contributed by atoms with Crippen molar-refractivity contribution in [3.63, 3.8) is 0 Å². The minimum Gasteiger partial charge on any atom is -0.497 e. The fraction of sp³-hybridized carbons (Fsp3) is 0.364. The van der Waals surface area contributed by atoms with Crippen molar-refractivity contribution in [2.75, 3.05) is 63.9 Å². The smallest absolute Gasteiger partial charge is 0.265 e. The summed E-state index contributed by atoms with van der Waals surface area (Å²) in [6.45, 7) is 0.591. The Bertz CT molecular complexity index is 1170. The van der Waals surface area contributed by atoms with Gasteiger partial charge in [0, 0.05) is 43.0 Å². The van der Waals surface area contributed by atoms with Crippen molar-refractivity contribution in [1.29, 1.82) is 0 Å². The Kier molecular flexibility index (Phi) is 6.91. The van der Waals surface area contributed by atoms with Crippen LogP contribution >= 0.6 is 0 Å². The molecule has 0 radical (unpaired) electrons. The van der Waals surface area contributed by atoms with Gasteiger partial charge in [-0.3, -0.25) is 14.5 Å². The number of methoxy groups -OCH3 is 2. The number of hydrogen-bond acceptors (Lipinski definition) is 8. The number of carbonyl (C=O) groups excluding carboxylic acids is 2. The first-order valence-electron chi connectivity index (χ1n) is 10.5. The molecule has 0 aromatic heterocycles. The Labute approximate surface area is 197 Å². The van der Waals surface area contributed by atoms with Gasteiger partial charge in [-0.05, 0) is 12.1 Å². The number of fused-ring (bicyclic) bond motifs is 1. The van der Waals surface area contributed by atoms with E-state index in [9.17, 15) is 18.0 Å². The maximum Gasteiger partial charge on any atom is 0.265 e. The fourth-order valence-electron chi connectivity index (χ4n) is 3.68. The Balaban J connectivity index is 1.53. The third-order valence-electron chi connectivity index (χ3n) is 5.42. The SMILES string of the molecule is COc1cc(NC(=O)CN2C(=O)COc3cc(S(=O)(=O)N4CCOCC4)ccc32)cc(OC)c1. The number of ether oxygens (including phenoxy) is 4. The van der Waals surface area contributed by atoms with E-state index in [1.807, 2.05) is 0 Å². The molecular formula is C22H25N3O8S. The summed E-state index contributed by atoms with van der Waals surface area (Å²) >= 11 is 0. The molecule has 1 N–H and O–H groups in total. The fourth-order valence-corrected chi connectivity index (χ4v) is 5.10. The normalized spacial score (nSPS) is 16.4. The monoisotopic (exact) mass is 491 g/mol. The summed E-state index contributed by atoms with van der Waals surface area (Å²) in [7, 11) is -0.742. The van der Waals surface area contributed by atoms with Gasteiger partial charge in [0.15, 0.2) is 6.61 Å². The number of hydrogen-bond donors (Lipinski definition) is 1. The predicted molar refractivity (Wildman–Crippen MR) is 122 cm³/mol. The van der Waals surface area contributed by atoms with Crippen molar-refractivity contribution in [3.8, 4) is 17.2 Å². The topological polar surface area (TPSA) is 124 Å². The van der Waals surface area contributed by atoms with E-state index in [0.29, 0.717) is 36.1 Å². The number of carbonyl (C=O) groups is 2. The van der Waals surface area contributed by atoms with Gasteiger partial charge >= 0.3 is 0 Å². The zero-order valence-electron chi connectivity index (χ0n) is 18.8. The van der Waals surface area contributed by atoms with Crippen LogP contribution in [0.15, 0.2) is 41.3 Å². The average molecular weight is 492 g/mol. The highest BCUT2D eigenvalue weighted by Crippen LogP contribution is 2.35. The highest BCUT2D eigenvalue weighted by molar-refractivity contribution is 7.89. The maximum atomic E-state index is 13.0. The van der Waals surface area contributed by atoms with Gasteiger partial charge in [0.05, 0.1) is 38.0 Å². The molecule has 2 aliphatic heterocycles. The molecule has 2 amide bonds. The summed E-state index contributed by atoms with van der Waals surface area (Å²) < 4.78 is 48.4. The molecule has 4 rings (SSSR count). The van der Waals surface area contributed by atoms with E-state index in [4.69, 9.17) is 18.9 Å². The van der Waals surface area contributed by atoms with Crippen molar-refractivity contribution in [2.45, 2.75) is 4.90 Å². The van der Waals surface area contributed by atoms with Gasteiger partial charge in [-0.2, -0.15) is 4.31 Å². The Morgan fingerprint density at radius 1 is 1.06 bits per heavy atom. The van der Waals surface area contributed by atoms with E-state index < -0.39 is 21.8 Å². The summed E-state index contributed by atoms with van der Waals surface area (Å²) in [5, 5.41) is 2.72. The third-order valence-corrected chi connectivity index (χ3v) is 7.31. The van der Waals surface area contributed by atoms with Crippen LogP contribution in [0.1, 0.15) is 0 Å². The predicted octanol–water partition coefficient (Wildman–Crippen LogP) is 1.09. The van der Waals surface area contributed by atoms with Gasteiger partial charge < -0.3 is 24.3 Å². The first-order chi connectivity index (χ1) is 16.3. The number of nitrogens with one attached hydrogen (secondary N) is 1. The van der Waals surface area contributed by atoms with E-state index in [2.05, 4.69) is 5.32 Å². The second kappa shape index (κ2) is 9.87. The molecule has 2 aliphatic rings. The van der Waals surface area contributed by atoms with Gasteiger partial charge in [0.1, 0.15) is 23.8 Å². The molecule has 2 aromatic rings. The van der Waals surface area contributed by atoms with Crippen LogP contribution in [0, 0.1) is 0 Å². The Hall–Kier alpha value is -3.35. The van der Waals surface area contributed by atoms with Gasteiger partial charge in [-0.15, -0.1) is 0 Å². The van der Waals surface area contributed by atoms with Crippen LogP contribution in [0.2, 0.25) is 0 Å². The molecule has 0 atom stereocenters. The van der Waals surface area contributed by atoms with Crippen molar-refractivity contribution in [1.82, 2.24) is 4.31 Å². The molecule has 0 aliphatic carbocycles. The molecule has 0 unspecified atom stereocenters. The highest BCUT2D eigenvalue weighted by atomic mass is 32.2. The molecule has 11 nitrogen and oxygen atoms in total. The molecule has 2 heterocycles. The lowest BCUT2D eigenvalue weighted by Crippen LogP contribution is -2.43. The van der Waals surface area contributed by atoms with Crippen LogP contribution in [0.25, 0.3) is 0 Å². The summed E-state index contributed by atoms with van der Waals surface area (Å²) in [4.78, 5) is 26.6. The molecule has 2 aromatic carbocycles. The largest absolute Gasteiger partial charge is 0.497 e. The van der Waals surface area contributed by atoms with Gasteiger partial charge in [0.2, 0.25) is 15.9 Å². The van der Waals surface area contributed by atoms with E-state index >= 15 is 0 Å². The zero-order chi connectivity index (χ0) is 24.3. The molecule has 0 bridgehead atoms. The second-order valence-corrected chi connectivity index (χ2v) is 9.50. The van der Waals surface area contributed by atoms with Crippen LogP contribution in [0.4, 0.5) is 11.4 Å². The molecule has 0 spiro atoms. The summed E-state index contributed by atoms with van der Waals surface area (Å²) in [5.41, 5.74) is 0.754. The van der Waals surface area contributed by atoms with Crippen molar-refractivity contribution in [2.24, 2.45) is 0 Å². The number of nitrogens with zero attached hydrogens (tertiary/aromatic N) is 2. The second-order valence-electron chi connectivity index (χ2n) is 7.56. The van der Waals surface area contributed by atoms with Gasteiger partial charge in [-0.25, -0.2) is 8.42 Å². The molecule has 34 heavy (non-hydrogen) atoms. The number of sulfonamides is 1. The van der Waals surface area contributed by atoms with Crippen LogP contribution < -0.4 is 24.4 Å². The summed E-state index contributed by atoms with van der Waals surface area (Å²) in [5.74, 6) is 0.328. The van der Waals surface area contributed by atoms with Crippen LogP contribution in [0.3, 0.4) is 0 Å². The molecular weight excluding hydrogens is 466 g/mol. The first-order valence-corrected chi connectivity index (χ1v) is 11.9. The Morgan fingerprint density at radius 2 is 1.74 bits per heavy atom. The number of morpholine rings is 1. The summed E-state index contributed by atoms with van der Waals surface area (Å²) in [6, 6.07) is 9.17. The maximum absolute atomic E-state index is 13.0. The molecule has 1 saturated heterocycles. The molecule has 12 heteroatoms. The molecule has 182 valence electrons. The van der Waals surface area contributed by atoms with Crippen LogP contribution in [-0.2, 0) is 24.3 Å². The van der Waals surface area contributed by atoms with E-state index in [1.165, 1.54) is 41.6 Å². The average Bonchev–Trinajstić information content (AvgIpc) is 2.85. The van der Waals surface area contributed by atoms with Crippen molar-refractivity contribution in [3.05, 3.63) is 36.4 Å². The van der Waals surface area contributed by atoms with Crippen LogP contribution in [-0.4, -0.2) is 78.2 Å². The van der Waals surface area contributed by atoms with Crippen LogP contribution in [0.5, 0.6) is 17.2 Å². The van der Waals surface area contributed by atoms with Crippen molar-refractivity contribution < 1.29 is 37.0 Å². The minimum absolute atomic E-state index is 0.0513. The number of benzene rings is 2. The summed E-state index contributed by atoms with van der Waals surface area (Å²) in [6.07, 6.45) is 0. The molecule has 0 saturated carbocycles. The number of anilines is 2. The lowest BCUT2D eigenvalue weighted by Gasteiger charge is -2.30. The number of rotatable bonds is 7. The van der Waals surface area contributed by atoms with Gasteiger partial charge in [-0.1, -0.05) is 0 Å². The quantitative estimate of drug-likeness (QED) is 0.611. The first kappa shape index (κ1) is 23.8. The van der Waals surface area contributed by atoms with E-state index in [0.717, 1.165) is 0 Å². The number of amides is 2. The Morgan fingerprint density at radius 3 is 2.38 bits per heavy atom.